The maximum atomic E-state index is 12.3. The topological polar surface area (TPSA) is 164 Å². The van der Waals surface area contributed by atoms with Crippen molar-refractivity contribution >= 4 is 48.3 Å². The van der Waals surface area contributed by atoms with E-state index < -0.39 is 35.9 Å². The highest BCUT2D eigenvalue weighted by Gasteiger charge is 2.22. The van der Waals surface area contributed by atoms with E-state index in [1.807, 2.05) is 0 Å². The maximum Gasteiger partial charge on any atom is 0.295 e. The molecule has 0 aromatic heterocycles. The van der Waals surface area contributed by atoms with Crippen LogP contribution >= 0.6 is 0 Å². The number of carbonyl (C=O) groups excluding carboxylic acids is 1. The van der Waals surface area contributed by atoms with Crippen LogP contribution in [0.4, 0.5) is 11.4 Å². The second kappa shape index (κ2) is 6.87. The minimum absolute atomic E-state index is 0.108. The maximum absolute atomic E-state index is 12.3. The van der Waals surface area contributed by atoms with Gasteiger partial charge in [-0.2, -0.15) is 16.8 Å². The van der Waals surface area contributed by atoms with Gasteiger partial charge < -0.3 is 11.1 Å². The summed E-state index contributed by atoms with van der Waals surface area (Å²) in [5, 5.41) is 1.96. The van der Waals surface area contributed by atoms with E-state index in [0.717, 1.165) is 24.3 Å². The quantitative estimate of drug-likeness (QED) is 0.367. The van der Waals surface area contributed by atoms with Gasteiger partial charge in [0.15, 0.2) is 0 Å². The van der Waals surface area contributed by atoms with Crippen molar-refractivity contribution in [2.45, 2.75) is 9.79 Å². The van der Waals surface area contributed by atoms with Crippen molar-refractivity contribution in [2.24, 2.45) is 0 Å². The fourth-order valence-electron chi connectivity index (χ4n) is 2.71. The van der Waals surface area contributed by atoms with Crippen molar-refractivity contribution in [3.05, 3.63) is 60.2 Å². The highest BCUT2D eigenvalue weighted by Crippen LogP contribution is 2.34. The molecule has 3 aromatic rings. The fourth-order valence-corrected chi connectivity index (χ4v) is 4.16. The molecule has 0 saturated heterocycles. The Bertz CT molecular complexity index is 1300. The first-order valence-corrected chi connectivity index (χ1v) is 10.5. The van der Waals surface area contributed by atoms with Gasteiger partial charge in [-0.05, 0) is 36.4 Å². The minimum atomic E-state index is -4.81. The molecule has 0 radical (unpaired) electrons. The van der Waals surface area contributed by atoms with Crippen LogP contribution < -0.4 is 11.1 Å². The van der Waals surface area contributed by atoms with Crippen LogP contribution in [0.1, 0.15) is 10.4 Å². The summed E-state index contributed by atoms with van der Waals surface area (Å²) in [7, 11) is -9.60. The Hall–Kier alpha value is -2.99. The molecule has 0 aliphatic carbocycles. The van der Waals surface area contributed by atoms with E-state index >= 15 is 0 Å². The van der Waals surface area contributed by atoms with Crippen LogP contribution in [0, 0.1) is 0 Å². The smallest absolute Gasteiger partial charge is 0.295 e. The number of amides is 1. The second-order valence-corrected chi connectivity index (χ2v) is 8.64. The molecule has 0 heterocycles. The Kier molecular flexibility index (Phi) is 4.85. The number of nitrogen functional groups attached to an aromatic ring is 1. The average Bonchev–Trinajstić information content (AvgIpc) is 2.60. The molecule has 3 aromatic carbocycles. The minimum Gasteiger partial charge on any atom is -0.399 e. The summed E-state index contributed by atoms with van der Waals surface area (Å²) in [6.45, 7) is 0. The van der Waals surface area contributed by atoms with Gasteiger partial charge in [-0.1, -0.05) is 18.2 Å². The van der Waals surface area contributed by atoms with Gasteiger partial charge in [0.25, 0.3) is 26.1 Å². The highest BCUT2D eigenvalue weighted by molar-refractivity contribution is 7.86. The number of nitrogens with two attached hydrogens (primary N) is 1. The molecule has 0 aliphatic rings. The number of hydrogen-bond acceptors (Lipinski definition) is 6. The molecule has 0 atom stereocenters. The normalized spacial score (nSPS) is 12.1. The summed E-state index contributed by atoms with van der Waals surface area (Å²) in [6, 6.07) is 12.2. The largest absolute Gasteiger partial charge is 0.399 e. The van der Waals surface area contributed by atoms with E-state index in [2.05, 4.69) is 5.32 Å². The number of rotatable bonds is 4. The van der Waals surface area contributed by atoms with Gasteiger partial charge >= 0.3 is 0 Å². The molecule has 28 heavy (non-hydrogen) atoms. The van der Waals surface area contributed by atoms with Gasteiger partial charge in [0.1, 0.15) is 9.79 Å². The molecule has 5 N–H and O–H groups in total. The second-order valence-electron chi connectivity index (χ2n) is 5.86. The first kappa shape index (κ1) is 19.8. The molecule has 146 valence electrons. The first-order chi connectivity index (χ1) is 13.0. The van der Waals surface area contributed by atoms with Crippen LogP contribution in [0.5, 0.6) is 0 Å². The van der Waals surface area contributed by atoms with Crippen molar-refractivity contribution in [2.75, 3.05) is 11.1 Å². The number of benzene rings is 3. The summed E-state index contributed by atoms with van der Waals surface area (Å²) in [5.74, 6) is -0.593. The van der Waals surface area contributed by atoms with Crippen molar-refractivity contribution in [1.29, 1.82) is 0 Å². The van der Waals surface area contributed by atoms with Crippen LogP contribution in [0.2, 0.25) is 0 Å². The van der Waals surface area contributed by atoms with Crippen LogP contribution in [0.3, 0.4) is 0 Å². The van der Waals surface area contributed by atoms with Gasteiger partial charge in [0.05, 0.1) is 0 Å². The zero-order valence-corrected chi connectivity index (χ0v) is 15.7. The lowest BCUT2D eigenvalue weighted by Crippen LogP contribution is -2.13. The van der Waals surface area contributed by atoms with Crippen molar-refractivity contribution in [3.63, 3.8) is 0 Å². The molecule has 9 nitrogen and oxygen atoms in total. The van der Waals surface area contributed by atoms with Crippen LogP contribution in [0.15, 0.2) is 64.4 Å². The molecule has 3 rings (SSSR count). The third-order valence-corrected chi connectivity index (χ3v) is 5.65. The van der Waals surface area contributed by atoms with Crippen molar-refractivity contribution < 1.29 is 30.7 Å². The van der Waals surface area contributed by atoms with Gasteiger partial charge in [0, 0.05) is 27.7 Å². The Morgan fingerprint density at radius 1 is 0.821 bits per heavy atom. The molecule has 0 bridgehead atoms. The van der Waals surface area contributed by atoms with Gasteiger partial charge in [0.2, 0.25) is 0 Å². The summed E-state index contributed by atoms with van der Waals surface area (Å²) in [5.41, 5.74) is 5.62. The van der Waals surface area contributed by atoms with Gasteiger partial charge in [-0.3, -0.25) is 13.9 Å². The summed E-state index contributed by atoms with van der Waals surface area (Å²) in [6.07, 6.45) is 0. The van der Waals surface area contributed by atoms with E-state index in [0.29, 0.717) is 0 Å². The predicted molar refractivity (Wildman–Crippen MR) is 102 cm³/mol. The zero-order valence-electron chi connectivity index (χ0n) is 14.0. The number of fused-ring (bicyclic) bond motifs is 1. The SMILES string of the molecule is Nc1cc(S(=O)(=O)O)c2cc(NC(=O)c3ccccc3)cc(S(=O)(=O)O)c2c1. The van der Waals surface area contributed by atoms with E-state index in [1.165, 1.54) is 12.1 Å². The Labute approximate surface area is 160 Å². The van der Waals surface area contributed by atoms with Crippen LogP contribution in [-0.4, -0.2) is 31.8 Å². The molecular weight excluding hydrogens is 408 g/mol. The zero-order chi connectivity index (χ0) is 20.7. The van der Waals surface area contributed by atoms with Gasteiger partial charge in [-0.15, -0.1) is 0 Å². The molecule has 0 saturated carbocycles. The van der Waals surface area contributed by atoms with Crippen LogP contribution in [-0.2, 0) is 20.2 Å². The molecule has 0 spiro atoms. The molecule has 1 amide bonds. The van der Waals surface area contributed by atoms with E-state index in [4.69, 9.17) is 5.73 Å². The lowest BCUT2D eigenvalue weighted by atomic mass is 10.1. The highest BCUT2D eigenvalue weighted by atomic mass is 32.2. The van der Waals surface area contributed by atoms with Gasteiger partial charge in [-0.25, -0.2) is 0 Å². The van der Waals surface area contributed by atoms with Crippen molar-refractivity contribution in [3.8, 4) is 0 Å². The first-order valence-electron chi connectivity index (χ1n) is 7.65. The standard InChI is InChI=1S/C17H14N2O7S2/c18-11-6-13-14(15(7-11)27(21,22)23)8-12(9-16(13)28(24,25)26)19-17(20)10-4-2-1-3-5-10/h1-9H,18H2,(H,19,20)(H,21,22,23)(H,24,25,26). The molecule has 0 fully saturated rings. The summed E-state index contributed by atoms with van der Waals surface area (Å²) >= 11 is 0. The Morgan fingerprint density at radius 2 is 1.36 bits per heavy atom. The molecular formula is C17H14N2O7S2. The van der Waals surface area contributed by atoms with Crippen LogP contribution in [0.25, 0.3) is 10.8 Å². The predicted octanol–water partition coefficient (Wildman–Crippen LogP) is 2.17. The fraction of sp³-hybridized carbons (Fsp3) is 0. The van der Waals surface area contributed by atoms with E-state index in [1.54, 1.807) is 18.2 Å². The third-order valence-electron chi connectivity index (χ3n) is 3.87. The number of anilines is 2. The summed E-state index contributed by atoms with van der Waals surface area (Å²) in [4.78, 5) is 11.0. The number of hydrogen-bond donors (Lipinski definition) is 4. The van der Waals surface area contributed by atoms with E-state index in [9.17, 15) is 30.7 Å². The van der Waals surface area contributed by atoms with Crippen molar-refractivity contribution in [1.82, 2.24) is 0 Å². The molecule has 0 aliphatic heterocycles. The lowest BCUT2D eigenvalue weighted by Gasteiger charge is -2.13. The Balaban J connectivity index is 2.28. The summed E-state index contributed by atoms with van der Waals surface area (Å²) < 4.78 is 66.1. The Morgan fingerprint density at radius 3 is 1.93 bits per heavy atom. The average molecular weight is 422 g/mol. The lowest BCUT2D eigenvalue weighted by molar-refractivity contribution is 0.102. The number of carbonyl (C=O) groups is 1. The molecule has 0 unspecified atom stereocenters. The molecule has 11 heteroatoms. The monoisotopic (exact) mass is 422 g/mol. The number of nitrogens with one attached hydrogen (secondary N) is 1. The third kappa shape index (κ3) is 3.97. The van der Waals surface area contributed by atoms with E-state index in [-0.39, 0.29) is 27.7 Å².